The predicted octanol–water partition coefficient (Wildman–Crippen LogP) is 1.20. The number of nitrogens with zero attached hydrogens (tertiary/aromatic N) is 2. The van der Waals surface area contributed by atoms with Crippen LogP contribution >= 0.6 is 11.3 Å². The van der Waals surface area contributed by atoms with Gasteiger partial charge in [-0.3, -0.25) is 14.4 Å². The summed E-state index contributed by atoms with van der Waals surface area (Å²) in [6.45, 7) is 8.06. The maximum atomic E-state index is 13.5. The maximum Gasteiger partial charge on any atom is 0.246 e. The number of likely N-dealkylation sites (tertiary alicyclic amines) is 1. The summed E-state index contributed by atoms with van der Waals surface area (Å²) < 4.78 is 5.18. The minimum absolute atomic E-state index is 0.0198. The monoisotopic (exact) mass is 531 g/mol. The molecule has 3 atom stereocenters. The number of hydrogen-bond acceptors (Lipinski definition) is 8. The third-order valence-corrected chi connectivity index (χ3v) is 7.18. The Labute approximate surface area is 221 Å². The first-order chi connectivity index (χ1) is 17.5. The molecule has 3 amide bonds. The molecule has 1 aliphatic heterocycles. The van der Waals surface area contributed by atoms with Crippen molar-refractivity contribution in [3.63, 3.8) is 0 Å². The molecule has 2 heterocycles. The van der Waals surface area contributed by atoms with Gasteiger partial charge in [-0.2, -0.15) is 0 Å². The van der Waals surface area contributed by atoms with E-state index in [9.17, 15) is 19.5 Å². The highest BCUT2D eigenvalue weighted by Crippen LogP contribution is 2.28. The number of β-amino-alcohol motifs (C(OH)–C–C–N with tert-alkyl or cyclic N) is 1. The molecule has 1 aromatic carbocycles. The zero-order valence-corrected chi connectivity index (χ0v) is 22.6. The number of aliphatic hydroxyl groups is 1. The lowest BCUT2D eigenvalue weighted by Gasteiger charge is -2.35. The van der Waals surface area contributed by atoms with Crippen LogP contribution in [0.25, 0.3) is 10.4 Å². The molecular weight excluding hydrogens is 494 g/mol. The molecule has 1 aliphatic rings. The third-order valence-electron chi connectivity index (χ3n) is 6.21. The second-order valence-corrected chi connectivity index (χ2v) is 11.1. The maximum absolute atomic E-state index is 13.5. The molecule has 2 aromatic rings. The summed E-state index contributed by atoms with van der Waals surface area (Å²) in [4.78, 5) is 45.8. The zero-order chi connectivity index (χ0) is 27.2. The molecule has 1 fully saturated rings. The van der Waals surface area contributed by atoms with E-state index in [-0.39, 0.29) is 45.2 Å². The number of rotatable bonds is 10. The van der Waals surface area contributed by atoms with Gasteiger partial charge in [-0.25, -0.2) is 4.98 Å². The highest BCUT2D eigenvalue weighted by molar-refractivity contribution is 7.13. The molecule has 10 nitrogen and oxygen atoms in total. The first kappa shape index (κ1) is 28.7. The smallest absolute Gasteiger partial charge is 0.246 e. The summed E-state index contributed by atoms with van der Waals surface area (Å²) in [5, 5.41) is 15.9. The molecule has 1 aromatic heterocycles. The molecule has 5 N–H and O–H groups in total. The van der Waals surface area contributed by atoms with E-state index in [1.54, 1.807) is 11.3 Å². The van der Waals surface area contributed by atoms with E-state index in [1.165, 1.54) is 4.90 Å². The van der Waals surface area contributed by atoms with Gasteiger partial charge < -0.3 is 31.1 Å². The Morgan fingerprint density at radius 3 is 2.57 bits per heavy atom. The van der Waals surface area contributed by atoms with Gasteiger partial charge in [-0.15, -0.1) is 11.3 Å². The van der Waals surface area contributed by atoms with Crippen LogP contribution in [0.3, 0.4) is 0 Å². The fourth-order valence-corrected chi connectivity index (χ4v) is 5.04. The van der Waals surface area contributed by atoms with Crippen molar-refractivity contribution < 1.29 is 24.2 Å². The summed E-state index contributed by atoms with van der Waals surface area (Å²) in [7, 11) is 0. The molecule has 3 rings (SSSR count). The van der Waals surface area contributed by atoms with Gasteiger partial charge in [0.1, 0.15) is 18.7 Å². The zero-order valence-electron chi connectivity index (χ0n) is 21.8. The Hall–Kier alpha value is -2.86. The summed E-state index contributed by atoms with van der Waals surface area (Å²) >= 11 is 1.58. The van der Waals surface area contributed by atoms with Gasteiger partial charge in [0.2, 0.25) is 17.7 Å². The van der Waals surface area contributed by atoms with Crippen LogP contribution < -0.4 is 16.4 Å². The molecule has 11 heteroatoms. The van der Waals surface area contributed by atoms with Crippen molar-refractivity contribution >= 4 is 29.1 Å². The number of aliphatic hydroxyl groups excluding tert-OH is 1. The van der Waals surface area contributed by atoms with Crippen LogP contribution in [-0.4, -0.2) is 77.2 Å². The Kier molecular flexibility index (Phi) is 9.77. The molecule has 202 valence electrons. The highest BCUT2D eigenvalue weighted by Gasteiger charge is 2.44. The quantitative estimate of drug-likeness (QED) is 0.337. The first-order valence-electron chi connectivity index (χ1n) is 12.3. The second-order valence-electron chi connectivity index (χ2n) is 10.3. The average Bonchev–Trinajstić information content (AvgIpc) is 3.46. The van der Waals surface area contributed by atoms with Gasteiger partial charge in [0, 0.05) is 26.1 Å². The Morgan fingerprint density at radius 1 is 1.27 bits per heavy atom. The lowest BCUT2D eigenvalue weighted by atomic mass is 9.85. The first-order valence-corrected chi connectivity index (χ1v) is 13.2. The van der Waals surface area contributed by atoms with E-state index >= 15 is 0 Å². The fourth-order valence-electron chi connectivity index (χ4n) is 4.23. The second kappa shape index (κ2) is 12.6. The van der Waals surface area contributed by atoms with Gasteiger partial charge >= 0.3 is 0 Å². The average molecular weight is 532 g/mol. The van der Waals surface area contributed by atoms with Crippen molar-refractivity contribution in [2.75, 3.05) is 26.3 Å². The Morgan fingerprint density at radius 2 is 1.97 bits per heavy atom. The van der Waals surface area contributed by atoms with Crippen LogP contribution in [0.4, 0.5) is 0 Å². The molecule has 0 bridgehead atoms. The number of ether oxygens (including phenoxy) is 1. The highest BCUT2D eigenvalue weighted by atomic mass is 32.1. The van der Waals surface area contributed by atoms with Gasteiger partial charge in [-0.05, 0) is 23.5 Å². The van der Waals surface area contributed by atoms with Crippen molar-refractivity contribution in [3.8, 4) is 10.4 Å². The summed E-state index contributed by atoms with van der Waals surface area (Å²) in [6, 6.07) is 6.13. The fraction of sp³-hybridized carbons (Fsp3) is 0.538. The minimum atomic E-state index is -0.898. The molecular formula is C26H37N5O5S. The van der Waals surface area contributed by atoms with Crippen molar-refractivity contribution in [1.29, 1.82) is 0 Å². The van der Waals surface area contributed by atoms with Gasteiger partial charge in [0.05, 0.1) is 28.8 Å². The van der Waals surface area contributed by atoms with Crippen LogP contribution in [-0.2, 0) is 25.7 Å². The number of amides is 3. The number of benzene rings is 1. The van der Waals surface area contributed by atoms with E-state index in [4.69, 9.17) is 10.5 Å². The van der Waals surface area contributed by atoms with E-state index < -0.39 is 35.4 Å². The van der Waals surface area contributed by atoms with E-state index in [0.29, 0.717) is 0 Å². The van der Waals surface area contributed by atoms with Crippen LogP contribution in [0.15, 0.2) is 29.8 Å². The lowest BCUT2D eigenvalue weighted by molar-refractivity contribution is -0.144. The van der Waals surface area contributed by atoms with E-state index in [0.717, 1.165) is 21.7 Å². The van der Waals surface area contributed by atoms with Crippen LogP contribution in [0.1, 0.15) is 38.4 Å². The third kappa shape index (κ3) is 7.57. The topological polar surface area (TPSA) is 147 Å². The Bertz CT molecular complexity index is 1080. The van der Waals surface area contributed by atoms with E-state index in [2.05, 4.69) is 15.6 Å². The lowest BCUT2D eigenvalue weighted by Crippen LogP contribution is -2.58. The molecule has 1 unspecified atom stereocenters. The predicted molar refractivity (Wildman–Crippen MR) is 142 cm³/mol. The van der Waals surface area contributed by atoms with Gasteiger partial charge in [0.25, 0.3) is 0 Å². The number of carbonyl (C=O) groups excluding carboxylic acids is 3. The van der Waals surface area contributed by atoms with Crippen LogP contribution in [0.5, 0.6) is 0 Å². The number of aryl methyl sites for hydroxylation is 1. The standard InChI is InChI=1S/C26H37N5O5S/c1-16-22(37-15-29-16)18-7-5-17(6-8-18)12-28-24(34)20-11-19(32)13-31(20)25(35)23(26(2,3)4)30-21(33)14-36-10-9-27/h5-8,15,19-20,23,32H,9-14,27H2,1-4H3,(H,28,34)(H,30,33)/t19-,20?,23-/m1/s1. The normalized spacial score (nSPS) is 18.5. The number of hydrogen-bond donors (Lipinski definition) is 4. The van der Waals surface area contributed by atoms with Gasteiger partial charge in [-0.1, -0.05) is 45.0 Å². The summed E-state index contributed by atoms with van der Waals surface area (Å²) in [6.07, 6.45) is -0.697. The number of aromatic nitrogens is 1. The van der Waals surface area contributed by atoms with Crippen molar-refractivity contribution in [1.82, 2.24) is 20.5 Å². The number of nitrogens with one attached hydrogen (secondary N) is 2. The van der Waals surface area contributed by atoms with Crippen molar-refractivity contribution in [3.05, 3.63) is 41.0 Å². The minimum Gasteiger partial charge on any atom is -0.391 e. The Balaban J connectivity index is 1.65. The molecule has 37 heavy (non-hydrogen) atoms. The molecule has 1 saturated heterocycles. The largest absolute Gasteiger partial charge is 0.391 e. The molecule has 0 aliphatic carbocycles. The molecule has 0 radical (unpaired) electrons. The number of nitrogens with two attached hydrogens (primary N) is 1. The van der Waals surface area contributed by atoms with Crippen molar-refractivity contribution in [2.45, 2.75) is 58.8 Å². The summed E-state index contributed by atoms with van der Waals surface area (Å²) in [5.74, 6) is -1.21. The van der Waals surface area contributed by atoms with Crippen molar-refractivity contribution in [2.24, 2.45) is 11.1 Å². The van der Waals surface area contributed by atoms with Gasteiger partial charge in [0.15, 0.2) is 0 Å². The van der Waals surface area contributed by atoms with E-state index in [1.807, 2.05) is 57.5 Å². The number of carbonyl (C=O) groups is 3. The van der Waals surface area contributed by atoms with Crippen LogP contribution in [0.2, 0.25) is 0 Å². The SMILES string of the molecule is Cc1ncsc1-c1ccc(CNC(=O)C2C[C@@H](O)CN2C(=O)[C@@H](NC(=O)COCCN)C(C)(C)C)cc1. The van der Waals surface area contributed by atoms with Crippen LogP contribution in [0, 0.1) is 12.3 Å². The number of thiazole rings is 1. The molecule has 0 spiro atoms. The summed E-state index contributed by atoms with van der Waals surface area (Å²) in [5.41, 5.74) is 9.52. The molecule has 0 saturated carbocycles.